The number of aromatic nitrogens is 3. The van der Waals surface area contributed by atoms with E-state index in [1.165, 1.54) is 16.7 Å². The third kappa shape index (κ3) is 7.56. The van der Waals surface area contributed by atoms with Gasteiger partial charge in [-0.25, -0.2) is 18.4 Å². The Hall–Kier alpha value is -3.71. The summed E-state index contributed by atoms with van der Waals surface area (Å²) in [6.45, 7) is 6.96. The number of fused-ring (bicyclic) bond motifs is 2. The standard InChI is InChI=1S/C32H36F3N7O3S2/c1-2-47(44,45)41-10-3-21(4-11-41)5-12-42-25(18-36)14-22-13-23(29(43)16-28(22)42)19-40-8-6-24(7-9-40)39-30-27-15-26(17-32(33,34)35)46-31(27)38-20-37-30/h2,13-16,20-21,24,43H,1,3-12,17,19H2,(H,37,38,39). The van der Waals surface area contributed by atoms with Gasteiger partial charge in [-0.1, -0.05) is 6.58 Å². The van der Waals surface area contributed by atoms with Crippen molar-refractivity contribution in [3.8, 4) is 11.8 Å². The molecule has 1 aromatic carbocycles. The number of hydrogen-bond acceptors (Lipinski definition) is 9. The number of phenolic OH excluding ortho intramolecular Hbond substituents is 1. The molecular weight excluding hydrogens is 652 g/mol. The van der Waals surface area contributed by atoms with Crippen LogP contribution in [-0.4, -0.2) is 75.7 Å². The van der Waals surface area contributed by atoms with Gasteiger partial charge in [0.15, 0.2) is 0 Å². The molecule has 47 heavy (non-hydrogen) atoms. The van der Waals surface area contributed by atoms with Gasteiger partial charge in [-0.2, -0.15) is 22.7 Å². The first-order chi connectivity index (χ1) is 22.4. The molecule has 0 atom stereocenters. The summed E-state index contributed by atoms with van der Waals surface area (Å²) in [4.78, 5) is 11.5. The van der Waals surface area contributed by atoms with Crippen molar-refractivity contribution in [2.45, 2.75) is 63.8 Å². The zero-order valence-corrected chi connectivity index (χ0v) is 27.3. The van der Waals surface area contributed by atoms with Crippen molar-refractivity contribution in [2.75, 3.05) is 31.5 Å². The fourth-order valence-electron chi connectivity index (χ4n) is 6.65. The molecule has 3 aromatic heterocycles. The Kier molecular flexibility index (Phi) is 9.48. The number of thiophene rings is 1. The van der Waals surface area contributed by atoms with Crippen LogP contribution < -0.4 is 5.32 Å². The molecule has 0 radical (unpaired) electrons. The van der Waals surface area contributed by atoms with Crippen LogP contribution in [0, 0.1) is 17.2 Å². The molecule has 2 N–H and O–H groups in total. The van der Waals surface area contributed by atoms with Crippen molar-refractivity contribution in [3.05, 3.63) is 58.7 Å². The number of nitriles is 1. The number of hydrogen-bond donors (Lipinski definition) is 2. The van der Waals surface area contributed by atoms with Gasteiger partial charge in [0.2, 0.25) is 10.0 Å². The number of rotatable bonds is 10. The quantitative estimate of drug-likeness (QED) is 0.209. The van der Waals surface area contributed by atoms with Crippen LogP contribution in [0.5, 0.6) is 5.75 Å². The highest BCUT2D eigenvalue weighted by atomic mass is 32.2. The van der Waals surface area contributed by atoms with E-state index >= 15 is 0 Å². The number of piperidine rings is 2. The van der Waals surface area contributed by atoms with Crippen molar-refractivity contribution in [1.82, 2.24) is 23.7 Å². The summed E-state index contributed by atoms with van der Waals surface area (Å²) >= 11 is 1.03. The van der Waals surface area contributed by atoms with Crippen molar-refractivity contribution in [1.29, 1.82) is 5.26 Å². The van der Waals surface area contributed by atoms with Crippen LogP contribution in [0.15, 0.2) is 42.6 Å². The minimum Gasteiger partial charge on any atom is -0.508 e. The van der Waals surface area contributed by atoms with Crippen LogP contribution in [0.4, 0.5) is 19.0 Å². The highest BCUT2D eigenvalue weighted by Gasteiger charge is 2.30. The van der Waals surface area contributed by atoms with Crippen LogP contribution in [0.2, 0.25) is 0 Å². The molecule has 0 bridgehead atoms. The molecule has 5 heterocycles. The first kappa shape index (κ1) is 33.2. The molecule has 2 aliphatic rings. The molecule has 0 unspecified atom stereocenters. The van der Waals surface area contributed by atoms with Gasteiger partial charge in [0.25, 0.3) is 0 Å². The Bertz CT molecular complexity index is 1920. The summed E-state index contributed by atoms with van der Waals surface area (Å²) in [5, 5.41) is 26.8. The first-order valence-corrected chi connectivity index (χ1v) is 17.9. The van der Waals surface area contributed by atoms with E-state index < -0.39 is 22.6 Å². The van der Waals surface area contributed by atoms with E-state index in [9.17, 15) is 32.0 Å². The second-order valence-electron chi connectivity index (χ2n) is 12.3. The maximum Gasteiger partial charge on any atom is 0.393 e. The lowest BCUT2D eigenvalue weighted by atomic mass is 9.94. The van der Waals surface area contributed by atoms with Crippen molar-refractivity contribution >= 4 is 48.3 Å². The number of alkyl halides is 3. The molecule has 4 aromatic rings. The molecule has 15 heteroatoms. The van der Waals surface area contributed by atoms with E-state index in [2.05, 4.69) is 32.8 Å². The minimum atomic E-state index is -4.28. The molecule has 0 amide bonds. The average molecular weight is 688 g/mol. The number of nitrogens with zero attached hydrogens (tertiary/aromatic N) is 6. The van der Waals surface area contributed by atoms with E-state index in [4.69, 9.17) is 0 Å². The predicted octanol–water partition coefficient (Wildman–Crippen LogP) is 5.98. The maximum absolute atomic E-state index is 12.9. The summed E-state index contributed by atoms with van der Waals surface area (Å²) in [7, 11) is -3.41. The van der Waals surface area contributed by atoms with Crippen molar-refractivity contribution in [2.24, 2.45) is 5.92 Å². The summed E-state index contributed by atoms with van der Waals surface area (Å²) in [5.74, 6) is 1.04. The number of benzene rings is 1. The lowest BCUT2D eigenvalue weighted by molar-refractivity contribution is -0.126. The normalized spacial score (nSPS) is 17.7. The Morgan fingerprint density at radius 2 is 1.85 bits per heavy atom. The zero-order valence-electron chi connectivity index (χ0n) is 25.7. The second kappa shape index (κ2) is 13.4. The lowest BCUT2D eigenvalue weighted by Crippen LogP contribution is -2.38. The van der Waals surface area contributed by atoms with Crippen LogP contribution in [0.25, 0.3) is 21.1 Å². The molecule has 2 aliphatic heterocycles. The molecule has 0 saturated carbocycles. The fraction of sp³-hybridized carbons (Fsp3) is 0.469. The molecule has 0 spiro atoms. The van der Waals surface area contributed by atoms with Gasteiger partial charge in [0.05, 0.1) is 17.3 Å². The average Bonchev–Trinajstić information content (AvgIpc) is 3.60. The van der Waals surface area contributed by atoms with E-state index in [1.54, 1.807) is 6.07 Å². The summed E-state index contributed by atoms with van der Waals surface area (Å²) < 4.78 is 66.3. The third-order valence-electron chi connectivity index (χ3n) is 9.20. The van der Waals surface area contributed by atoms with Crippen molar-refractivity contribution in [3.63, 3.8) is 0 Å². The largest absolute Gasteiger partial charge is 0.508 e. The van der Waals surface area contributed by atoms with Crippen LogP contribution >= 0.6 is 11.3 Å². The highest BCUT2D eigenvalue weighted by molar-refractivity contribution is 7.92. The summed E-state index contributed by atoms with van der Waals surface area (Å²) in [5.41, 5.74) is 2.08. The minimum absolute atomic E-state index is 0.0947. The third-order valence-corrected chi connectivity index (χ3v) is 11.7. The molecular formula is C32H36F3N7O3S2. The van der Waals surface area contributed by atoms with Gasteiger partial charge in [0.1, 0.15) is 34.5 Å². The van der Waals surface area contributed by atoms with E-state index in [0.717, 1.165) is 78.4 Å². The zero-order chi connectivity index (χ0) is 33.3. The smallest absolute Gasteiger partial charge is 0.393 e. The topological polar surface area (TPSA) is 127 Å². The summed E-state index contributed by atoms with van der Waals surface area (Å²) in [6, 6.07) is 9.42. The van der Waals surface area contributed by atoms with Crippen LogP contribution in [0.1, 0.15) is 48.2 Å². The predicted molar refractivity (Wildman–Crippen MR) is 175 cm³/mol. The number of anilines is 1. The molecule has 250 valence electrons. The maximum atomic E-state index is 12.9. The Morgan fingerprint density at radius 1 is 1.11 bits per heavy atom. The number of likely N-dealkylation sites (tertiary alicyclic amines) is 1. The number of sulfonamides is 1. The Morgan fingerprint density at radius 3 is 2.53 bits per heavy atom. The Balaban J connectivity index is 1.06. The van der Waals surface area contributed by atoms with Crippen LogP contribution in [-0.2, 0) is 29.5 Å². The Labute approximate surface area is 275 Å². The SMILES string of the molecule is C=CS(=O)(=O)N1CCC(CCn2c(C#N)cc3cc(CN4CCC(Nc5ncnc6sc(CC(F)(F)F)cc56)CC4)c(O)cc32)CC1. The number of phenols is 1. The summed E-state index contributed by atoms with van der Waals surface area (Å²) in [6.07, 6.45) is -0.0167. The molecule has 2 fully saturated rings. The van der Waals surface area contributed by atoms with Gasteiger partial charge in [-0.15, -0.1) is 11.3 Å². The highest BCUT2D eigenvalue weighted by Crippen LogP contribution is 2.34. The van der Waals surface area contributed by atoms with Gasteiger partial charge in [-0.3, -0.25) is 4.90 Å². The fourth-order valence-corrected chi connectivity index (χ4v) is 8.61. The molecule has 6 rings (SSSR count). The van der Waals surface area contributed by atoms with Gasteiger partial charge < -0.3 is 15.0 Å². The van der Waals surface area contributed by atoms with Gasteiger partial charge in [0, 0.05) is 72.6 Å². The van der Waals surface area contributed by atoms with E-state index in [1.807, 2.05) is 16.7 Å². The monoisotopic (exact) mass is 687 g/mol. The van der Waals surface area contributed by atoms with Gasteiger partial charge in [-0.05, 0) is 56.2 Å². The molecule has 0 aliphatic carbocycles. The molecule has 2 saturated heterocycles. The van der Waals surface area contributed by atoms with Crippen molar-refractivity contribution < 1.29 is 26.7 Å². The van der Waals surface area contributed by atoms with E-state index in [0.29, 0.717) is 53.8 Å². The number of nitrogens with one attached hydrogen (secondary N) is 1. The number of aromatic hydroxyl groups is 1. The molecule has 10 nitrogen and oxygen atoms in total. The second-order valence-corrected chi connectivity index (χ2v) is 15.3. The van der Waals surface area contributed by atoms with Gasteiger partial charge >= 0.3 is 6.18 Å². The first-order valence-electron chi connectivity index (χ1n) is 15.6. The lowest BCUT2D eigenvalue weighted by Gasteiger charge is -2.32. The number of aryl methyl sites for hydroxylation is 1. The van der Waals surface area contributed by atoms with E-state index in [-0.39, 0.29) is 16.7 Å². The number of halogens is 3. The van der Waals surface area contributed by atoms with Crippen LogP contribution in [0.3, 0.4) is 0 Å².